The van der Waals surface area contributed by atoms with E-state index in [4.69, 9.17) is 0 Å². The van der Waals surface area contributed by atoms with E-state index in [-0.39, 0.29) is 11.3 Å². The van der Waals surface area contributed by atoms with Crippen LogP contribution < -0.4 is 5.32 Å². The number of hydrogen-bond acceptors (Lipinski definition) is 2. The molecule has 2 aromatic rings. The highest BCUT2D eigenvalue weighted by atomic mass is 19.3. The van der Waals surface area contributed by atoms with Gasteiger partial charge in [-0.25, -0.2) is 4.39 Å². The van der Waals surface area contributed by atoms with Gasteiger partial charge in [0.25, 0.3) is 5.91 Å². The molecule has 1 amide bonds. The van der Waals surface area contributed by atoms with E-state index in [0.717, 1.165) is 12.1 Å². The molecule has 0 bridgehead atoms. The Morgan fingerprint density at radius 2 is 1.95 bits per heavy atom. The largest absolute Gasteiger partial charge is 0.329 e. The fourth-order valence-corrected chi connectivity index (χ4v) is 1.52. The fourth-order valence-electron chi connectivity index (χ4n) is 1.52. The summed E-state index contributed by atoms with van der Waals surface area (Å²) in [5, 5.41) is 7.36. The molecule has 0 radical (unpaired) electrons. The van der Waals surface area contributed by atoms with Gasteiger partial charge in [0.05, 0.1) is 6.42 Å². The topological polar surface area (TPSA) is 57.8 Å². The summed E-state index contributed by atoms with van der Waals surface area (Å²) < 4.78 is 39.8. The number of carbonyl (C=O) groups excluding carboxylic acids is 1. The molecule has 0 unspecified atom stereocenters. The molecule has 0 aliphatic carbocycles. The van der Waals surface area contributed by atoms with Gasteiger partial charge < -0.3 is 0 Å². The molecule has 1 aromatic carbocycles. The molecule has 0 aliphatic rings. The number of benzene rings is 1. The number of hydrogen-bond donors (Lipinski definition) is 2. The molecule has 0 fully saturated rings. The van der Waals surface area contributed by atoms with E-state index in [1.165, 1.54) is 24.4 Å². The lowest BCUT2D eigenvalue weighted by Crippen LogP contribution is -2.42. The predicted octanol–water partition coefficient (Wildman–Crippen LogP) is 2.11. The second-order valence-corrected chi connectivity index (χ2v) is 3.93. The van der Waals surface area contributed by atoms with Crippen LogP contribution in [-0.2, 0) is 6.42 Å². The third-order valence-corrected chi connectivity index (χ3v) is 2.38. The Bertz CT molecular complexity index is 552. The van der Waals surface area contributed by atoms with Crippen LogP contribution in [0.5, 0.6) is 0 Å². The van der Waals surface area contributed by atoms with E-state index >= 15 is 0 Å². The molecule has 7 heteroatoms. The number of amides is 1. The van der Waals surface area contributed by atoms with E-state index in [1.54, 1.807) is 5.32 Å². The van der Waals surface area contributed by atoms with Crippen molar-refractivity contribution in [1.82, 2.24) is 15.5 Å². The first-order valence-corrected chi connectivity index (χ1v) is 5.40. The zero-order chi connectivity index (χ0) is 13.9. The first-order valence-electron chi connectivity index (χ1n) is 5.40. The van der Waals surface area contributed by atoms with Gasteiger partial charge in [0.1, 0.15) is 11.5 Å². The summed E-state index contributed by atoms with van der Waals surface area (Å²) in [7, 11) is 0. The average molecular weight is 269 g/mol. The average Bonchev–Trinajstić information content (AvgIpc) is 2.85. The van der Waals surface area contributed by atoms with Crippen molar-refractivity contribution in [2.75, 3.05) is 0 Å². The number of alkyl halides is 2. The monoisotopic (exact) mass is 269 g/mol. The van der Waals surface area contributed by atoms with Gasteiger partial charge in [0.15, 0.2) is 0 Å². The summed E-state index contributed by atoms with van der Waals surface area (Å²) >= 11 is 0. The van der Waals surface area contributed by atoms with Crippen molar-refractivity contribution >= 4 is 5.91 Å². The maximum atomic E-state index is 13.6. The van der Waals surface area contributed by atoms with Crippen LogP contribution in [-0.4, -0.2) is 22.2 Å². The number of halogens is 3. The SMILES string of the molecule is O=C(NC(F)(F)Cc1ccc(F)cc1)c1ccn[nH]1. The second kappa shape index (κ2) is 5.13. The highest BCUT2D eigenvalue weighted by Crippen LogP contribution is 2.18. The quantitative estimate of drug-likeness (QED) is 0.835. The highest BCUT2D eigenvalue weighted by Gasteiger charge is 2.32. The summed E-state index contributed by atoms with van der Waals surface area (Å²) in [6, 6.07) is 2.50. The number of nitrogens with one attached hydrogen (secondary N) is 2. The van der Waals surface area contributed by atoms with E-state index in [9.17, 15) is 18.0 Å². The fraction of sp³-hybridized carbons (Fsp3) is 0.167. The number of carbonyl (C=O) groups is 1. The van der Waals surface area contributed by atoms with Crippen LogP contribution >= 0.6 is 0 Å². The Balaban J connectivity index is 2.02. The molecule has 19 heavy (non-hydrogen) atoms. The summed E-state index contributed by atoms with van der Waals surface area (Å²) in [5.74, 6) is -1.46. The van der Waals surface area contributed by atoms with Crippen LogP contribution in [0.4, 0.5) is 13.2 Å². The Morgan fingerprint density at radius 1 is 1.26 bits per heavy atom. The zero-order valence-electron chi connectivity index (χ0n) is 9.66. The summed E-state index contributed by atoms with van der Waals surface area (Å²) in [4.78, 5) is 11.4. The molecule has 2 N–H and O–H groups in total. The first kappa shape index (κ1) is 13.1. The second-order valence-electron chi connectivity index (χ2n) is 3.93. The van der Waals surface area contributed by atoms with Gasteiger partial charge in [-0.2, -0.15) is 13.9 Å². The predicted molar refractivity (Wildman–Crippen MR) is 61.1 cm³/mol. The minimum atomic E-state index is -3.43. The van der Waals surface area contributed by atoms with Crippen LogP contribution in [0.3, 0.4) is 0 Å². The van der Waals surface area contributed by atoms with Crippen molar-refractivity contribution in [2.45, 2.75) is 12.5 Å². The Kier molecular flexibility index (Phi) is 3.55. The molecule has 0 saturated heterocycles. The molecule has 4 nitrogen and oxygen atoms in total. The van der Waals surface area contributed by atoms with Gasteiger partial charge in [-0.1, -0.05) is 12.1 Å². The van der Waals surface area contributed by atoms with Gasteiger partial charge in [-0.05, 0) is 23.8 Å². The summed E-state index contributed by atoms with van der Waals surface area (Å²) in [5.41, 5.74) is 0.162. The minimum absolute atomic E-state index is 0.0567. The molecule has 100 valence electrons. The molecule has 0 saturated carbocycles. The molecule has 0 atom stereocenters. The number of rotatable bonds is 4. The van der Waals surface area contributed by atoms with E-state index in [0.29, 0.717) is 0 Å². The Hall–Kier alpha value is -2.31. The number of aromatic nitrogens is 2. The lowest BCUT2D eigenvalue weighted by atomic mass is 10.1. The standard InChI is InChI=1S/C12H10F3N3O/c13-9-3-1-8(2-4-9)7-12(14,15)17-11(19)10-5-6-16-18-10/h1-6H,7H2,(H,16,18)(H,17,19). The Morgan fingerprint density at radius 3 is 2.53 bits per heavy atom. The normalized spacial score (nSPS) is 11.3. The van der Waals surface area contributed by atoms with E-state index in [1.807, 2.05) is 0 Å². The summed E-state index contributed by atoms with van der Waals surface area (Å²) in [6.45, 7) is 0. The Labute approximate surface area is 106 Å². The molecule has 1 heterocycles. The maximum Gasteiger partial charge on any atom is 0.329 e. The molecule has 2 rings (SSSR count). The first-order chi connectivity index (χ1) is 8.96. The van der Waals surface area contributed by atoms with Gasteiger partial charge in [0.2, 0.25) is 0 Å². The maximum absolute atomic E-state index is 13.6. The number of H-pyrrole nitrogens is 1. The van der Waals surface area contributed by atoms with Crippen LogP contribution in [0.25, 0.3) is 0 Å². The molecule has 0 aliphatic heterocycles. The van der Waals surface area contributed by atoms with Crippen LogP contribution in [0, 0.1) is 5.82 Å². The van der Waals surface area contributed by atoms with E-state index in [2.05, 4.69) is 10.2 Å². The molecular formula is C12H10F3N3O. The van der Waals surface area contributed by atoms with Crippen LogP contribution in [0.1, 0.15) is 16.1 Å². The minimum Gasteiger partial charge on any atom is -0.292 e. The summed E-state index contributed by atoms with van der Waals surface area (Å²) in [6.07, 6.45) is 0.570. The molecule has 1 aromatic heterocycles. The lowest BCUT2D eigenvalue weighted by Gasteiger charge is -2.17. The molecule has 0 spiro atoms. The van der Waals surface area contributed by atoms with Crippen molar-refractivity contribution in [3.63, 3.8) is 0 Å². The van der Waals surface area contributed by atoms with Gasteiger partial charge >= 0.3 is 6.05 Å². The highest BCUT2D eigenvalue weighted by molar-refractivity contribution is 5.92. The third-order valence-electron chi connectivity index (χ3n) is 2.38. The smallest absolute Gasteiger partial charge is 0.292 e. The van der Waals surface area contributed by atoms with E-state index < -0.39 is 24.2 Å². The van der Waals surface area contributed by atoms with Crippen molar-refractivity contribution in [2.24, 2.45) is 0 Å². The van der Waals surface area contributed by atoms with Gasteiger partial charge in [-0.3, -0.25) is 15.2 Å². The molecular weight excluding hydrogens is 259 g/mol. The van der Waals surface area contributed by atoms with Crippen molar-refractivity contribution in [1.29, 1.82) is 0 Å². The number of nitrogens with zero attached hydrogens (tertiary/aromatic N) is 1. The zero-order valence-corrected chi connectivity index (χ0v) is 9.66. The lowest BCUT2D eigenvalue weighted by molar-refractivity contribution is -0.0270. The van der Waals surface area contributed by atoms with Crippen LogP contribution in [0.2, 0.25) is 0 Å². The van der Waals surface area contributed by atoms with Crippen LogP contribution in [0.15, 0.2) is 36.5 Å². The van der Waals surface area contributed by atoms with Crippen molar-refractivity contribution in [3.05, 3.63) is 53.6 Å². The van der Waals surface area contributed by atoms with Gasteiger partial charge in [0, 0.05) is 6.20 Å². The van der Waals surface area contributed by atoms with Gasteiger partial charge in [-0.15, -0.1) is 0 Å². The van der Waals surface area contributed by atoms with Crippen molar-refractivity contribution in [3.8, 4) is 0 Å². The van der Waals surface area contributed by atoms with Crippen molar-refractivity contribution < 1.29 is 18.0 Å². The third kappa shape index (κ3) is 3.57. The number of aromatic amines is 1.